The van der Waals surface area contributed by atoms with Gasteiger partial charge in [0.15, 0.2) is 0 Å². The number of carbonyl (C=O) groups excluding carboxylic acids is 1. The van der Waals surface area contributed by atoms with E-state index in [1.165, 1.54) is 6.07 Å². The van der Waals surface area contributed by atoms with Gasteiger partial charge >= 0.3 is 0 Å². The highest BCUT2D eigenvalue weighted by Gasteiger charge is 2.11. The summed E-state index contributed by atoms with van der Waals surface area (Å²) in [6.07, 6.45) is 0. The van der Waals surface area contributed by atoms with Crippen LogP contribution in [0.2, 0.25) is 0 Å². The van der Waals surface area contributed by atoms with E-state index in [0.717, 1.165) is 0 Å². The molecule has 22 heavy (non-hydrogen) atoms. The molecule has 116 valence electrons. The molecule has 0 radical (unpaired) electrons. The third kappa shape index (κ3) is 4.30. The molecular formula is C17H19FN2O2. The number of halogens is 1. The van der Waals surface area contributed by atoms with E-state index in [1.807, 2.05) is 12.1 Å². The van der Waals surface area contributed by atoms with Crippen molar-refractivity contribution < 1.29 is 13.9 Å². The first kappa shape index (κ1) is 16.0. The standard InChI is InChI=1S/C17H19FN2O2/c1-20(11-13-7-3-4-8-14(13)18)12-17(21)19-15-9-5-6-10-16(15)22-2/h3-10H,11-12H2,1-2H3,(H,19,21). The van der Waals surface area contributed by atoms with Gasteiger partial charge in [0.25, 0.3) is 0 Å². The monoisotopic (exact) mass is 302 g/mol. The SMILES string of the molecule is COc1ccccc1NC(=O)CN(C)Cc1ccccc1F. The highest BCUT2D eigenvalue weighted by atomic mass is 19.1. The predicted octanol–water partition coefficient (Wildman–Crippen LogP) is 2.90. The lowest BCUT2D eigenvalue weighted by Gasteiger charge is -2.17. The summed E-state index contributed by atoms with van der Waals surface area (Å²) in [4.78, 5) is 13.8. The molecule has 1 N–H and O–H groups in total. The zero-order valence-corrected chi connectivity index (χ0v) is 12.7. The van der Waals surface area contributed by atoms with Crippen LogP contribution in [0.25, 0.3) is 0 Å². The number of likely N-dealkylation sites (N-methyl/N-ethyl adjacent to an activating group) is 1. The third-order valence-corrected chi connectivity index (χ3v) is 3.19. The van der Waals surface area contributed by atoms with Gasteiger partial charge in [0.05, 0.1) is 19.3 Å². The third-order valence-electron chi connectivity index (χ3n) is 3.19. The fourth-order valence-corrected chi connectivity index (χ4v) is 2.16. The maximum absolute atomic E-state index is 13.6. The lowest BCUT2D eigenvalue weighted by atomic mass is 10.2. The number of benzene rings is 2. The largest absolute Gasteiger partial charge is 0.495 e. The molecular weight excluding hydrogens is 283 g/mol. The Bertz CT molecular complexity index is 646. The molecule has 0 heterocycles. The van der Waals surface area contributed by atoms with E-state index in [4.69, 9.17) is 4.74 Å². The van der Waals surface area contributed by atoms with Gasteiger partial charge in [0, 0.05) is 12.1 Å². The normalized spacial score (nSPS) is 10.5. The minimum Gasteiger partial charge on any atom is -0.495 e. The van der Waals surface area contributed by atoms with E-state index in [0.29, 0.717) is 23.5 Å². The molecule has 0 aliphatic carbocycles. The van der Waals surface area contributed by atoms with E-state index in [2.05, 4.69) is 5.32 Å². The van der Waals surface area contributed by atoms with Gasteiger partial charge < -0.3 is 10.1 Å². The molecule has 0 bridgehead atoms. The first-order valence-electron chi connectivity index (χ1n) is 6.95. The van der Waals surface area contributed by atoms with Gasteiger partial charge in [-0.15, -0.1) is 0 Å². The van der Waals surface area contributed by atoms with Crippen LogP contribution in [0.4, 0.5) is 10.1 Å². The number of para-hydroxylation sites is 2. The lowest BCUT2D eigenvalue weighted by Crippen LogP contribution is -2.30. The van der Waals surface area contributed by atoms with E-state index in [1.54, 1.807) is 49.4 Å². The summed E-state index contributed by atoms with van der Waals surface area (Å²) < 4.78 is 18.8. The Hall–Kier alpha value is -2.40. The highest BCUT2D eigenvalue weighted by molar-refractivity contribution is 5.93. The molecule has 1 amide bonds. The number of nitrogens with zero attached hydrogens (tertiary/aromatic N) is 1. The highest BCUT2D eigenvalue weighted by Crippen LogP contribution is 2.22. The molecule has 0 fully saturated rings. The van der Waals surface area contributed by atoms with Crippen molar-refractivity contribution in [3.8, 4) is 5.75 Å². The summed E-state index contributed by atoms with van der Waals surface area (Å²) in [5, 5.41) is 2.79. The Morgan fingerprint density at radius 2 is 1.86 bits per heavy atom. The van der Waals surface area contributed by atoms with Crippen LogP contribution >= 0.6 is 0 Å². The summed E-state index contributed by atoms with van der Waals surface area (Å²) in [5.74, 6) is 0.162. The van der Waals surface area contributed by atoms with Gasteiger partial charge in [-0.2, -0.15) is 0 Å². The number of rotatable bonds is 6. The Morgan fingerprint density at radius 1 is 1.18 bits per heavy atom. The number of amides is 1. The smallest absolute Gasteiger partial charge is 0.238 e. The first-order chi connectivity index (χ1) is 10.6. The van der Waals surface area contributed by atoms with Crippen molar-refractivity contribution in [2.75, 3.05) is 26.0 Å². The van der Waals surface area contributed by atoms with E-state index >= 15 is 0 Å². The van der Waals surface area contributed by atoms with Crippen LogP contribution in [0.15, 0.2) is 48.5 Å². The van der Waals surface area contributed by atoms with Crippen molar-refractivity contribution in [2.24, 2.45) is 0 Å². The molecule has 0 aliphatic heterocycles. The van der Waals surface area contributed by atoms with Crippen molar-refractivity contribution in [3.05, 3.63) is 59.9 Å². The van der Waals surface area contributed by atoms with E-state index in [-0.39, 0.29) is 18.3 Å². The maximum atomic E-state index is 13.6. The topological polar surface area (TPSA) is 41.6 Å². The average molecular weight is 302 g/mol. The average Bonchev–Trinajstić information content (AvgIpc) is 2.50. The van der Waals surface area contributed by atoms with E-state index < -0.39 is 0 Å². The fourth-order valence-electron chi connectivity index (χ4n) is 2.16. The summed E-state index contributed by atoms with van der Waals surface area (Å²) in [5.41, 5.74) is 1.18. The zero-order chi connectivity index (χ0) is 15.9. The van der Waals surface area contributed by atoms with Crippen LogP contribution in [-0.2, 0) is 11.3 Å². The van der Waals surface area contributed by atoms with Crippen molar-refractivity contribution in [2.45, 2.75) is 6.54 Å². The molecule has 0 spiro atoms. The zero-order valence-electron chi connectivity index (χ0n) is 12.7. The summed E-state index contributed by atoms with van der Waals surface area (Å²) >= 11 is 0. The number of hydrogen-bond acceptors (Lipinski definition) is 3. The molecule has 2 aromatic rings. The number of ether oxygens (including phenoxy) is 1. The number of methoxy groups -OCH3 is 1. The van der Waals surface area contributed by atoms with Gasteiger partial charge in [-0.1, -0.05) is 30.3 Å². The number of hydrogen-bond donors (Lipinski definition) is 1. The molecule has 0 atom stereocenters. The summed E-state index contributed by atoms with van der Waals surface area (Å²) in [7, 11) is 3.32. The van der Waals surface area contributed by atoms with Crippen molar-refractivity contribution in [1.29, 1.82) is 0 Å². The van der Waals surface area contributed by atoms with Crippen molar-refractivity contribution >= 4 is 11.6 Å². The molecule has 0 saturated heterocycles. The molecule has 5 heteroatoms. The molecule has 0 aliphatic rings. The second-order valence-electron chi connectivity index (χ2n) is 5.01. The Kier molecular flexibility index (Phi) is 5.49. The Balaban J connectivity index is 1.93. The summed E-state index contributed by atoms with van der Waals surface area (Å²) in [6.45, 7) is 0.526. The van der Waals surface area contributed by atoms with Gasteiger partial charge in [-0.25, -0.2) is 4.39 Å². The first-order valence-corrected chi connectivity index (χ1v) is 6.95. The molecule has 0 aromatic heterocycles. The van der Waals surface area contributed by atoms with E-state index in [9.17, 15) is 9.18 Å². The second-order valence-corrected chi connectivity index (χ2v) is 5.01. The molecule has 2 aromatic carbocycles. The predicted molar refractivity (Wildman–Crippen MR) is 84.4 cm³/mol. The Labute approximate surface area is 129 Å². The number of carbonyl (C=O) groups is 1. The van der Waals surface area contributed by atoms with Gasteiger partial charge in [0.1, 0.15) is 11.6 Å². The van der Waals surface area contributed by atoms with Crippen LogP contribution in [0.5, 0.6) is 5.75 Å². The fraction of sp³-hybridized carbons (Fsp3) is 0.235. The molecule has 0 saturated carbocycles. The van der Waals surface area contributed by atoms with Gasteiger partial charge in [-0.3, -0.25) is 9.69 Å². The van der Waals surface area contributed by atoms with Crippen LogP contribution in [-0.4, -0.2) is 31.5 Å². The number of nitrogens with one attached hydrogen (secondary N) is 1. The Morgan fingerprint density at radius 3 is 2.59 bits per heavy atom. The maximum Gasteiger partial charge on any atom is 0.238 e. The second kappa shape index (κ2) is 7.56. The van der Waals surface area contributed by atoms with Gasteiger partial charge in [-0.05, 0) is 25.2 Å². The summed E-state index contributed by atoms with van der Waals surface area (Å²) in [6, 6.07) is 13.8. The van der Waals surface area contributed by atoms with Gasteiger partial charge in [0.2, 0.25) is 5.91 Å². The molecule has 0 unspecified atom stereocenters. The van der Waals surface area contributed by atoms with Crippen LogP contribution in [0.1, 0.15) is 5.56 Å². The van der Waals surface area contributed by atoms with Crippen LogP contribution < -0.4 is 10.1 Å². The molecule has 4 nitrogen and oxygen atoms in total. The van der Waals surface area contributed by atoms with Crippen molar-refractivity contribution in [3.63, 3.8) is 0 Å². The lowest BCUT2D eigenvalue weighted by molar-refractivity contribution is -0.117. The minimum absolute atomic E-state index is 0.159. The van der Waals surface area contributed by atoms with Crippen LogP contribution in [0.3, 0.4) is 0 Å². The number of anilines is 1. The molecule has 2 rings (SSSR count). The van der Waals surface area contributed by atoms with Crippen LogP contribution in [0, 0.1) is 5.82 Å². The quantitative estimate of drug-likeness (QED) is 0.892. The van der Waals surface area contributed by atoms with Crippen molar-refractivity contribution in [1.82, 2.24) is 4.90 Å². The minimum atomic E-state index is -0.264.